The van der Waals surface area contributed by atoms with E-state index < -0.39 is 11.4 Å². The van der Waals surface area contributed by atoms with E-state index in [0.29, 0.717) is 11.6 Å². The lowest BCUT2D eigenvalue weighted by Gasteiger charge is -2.09. The Bertz CT molecular complexity index is 711. The second-order valence-corrected chi connectivity index (χ2v) is 6.69. The molecule has 0 aliphatic heterocycles. The highest BCUT2D eigenvalue weighted by molar-refractivity contribution is 8.00. The molecule has 8 heteroatoms. The van der Waals surface area contributed by atoms with Crippen LogP contribution in [0, 0.1) is 0 Å². The fourth-order valence-corrected chi connectivity index (χ4v) is 2.76. The molecular weight excluding hydrogens is 339 g/mol. The Balaban J connectivity index is 1.73. The topological polar surface area (TPSA) is 46.9 Å². The summed E-state index contributed by atoms with van der Waals surface area (Å²) in [5, 5.41) is 7.04. The van der Waals surface area contributed by atoms with Crippen LogP contribution in [0.25, 0.3) is 5.69 Å². The number of aromatic nitrogens is 2. The SMILES string of the molecule is O=C(NCCSC(F)(F)F)c1cc(C2CC2)nn1-c1ccccc1. The van der Waals surface area contributed by atoms with Gasteiger partial charge < -0.3 is 5.32 Å². The molecule has 1 saturated carbocycles. The lowest BCUT2D eigenvalue weighted by atomic mass is 10.2. The Labute approximate surface area is 141 Å². The predicted molar refractivity (Wildman–Crippen MR) is 86.4 cm³/mol. The molecule has 1 aliphatic carbocycles. The maximum Gasteiger partial charge on any atom is 0.441 e. The van der Waals surface area contributed by atoms with Gasteiger partial charge in [-0.25, -0.2) is 4.68 Å². The van der Waals surface area contributed by atoms with Crippen LogP contribution in [0.3, 0.4) is 0 Å². The molecule has 1 aromatic heterocycles. The number of nitrogens with zero attached hydrogens (tertiary/aromatic N) is 2. The van der Waals surface area contributed by atoms with Crippen LogP contribution in [0.4, 0.5) is 13.2 Å². The van der Waals surface area contributed by atoms with Crippen molar-refractivity contribution in [2.24, 2.45) is 0 Å². The second-order valence-electron chi connectivity index (χ2n) is 5.53. The van der Waals surface area contributed by atoms with Crippen molar-refractivity contribution in [3.8, 4) is 5.69 Å². The van der Waals surface area contributed by atoms with Crippen LogP contribution in [0.15, 0.2) is 36.4 Å². The van der Waals surface area contributed by atoms with Gasteiger partial charge in [-0.15, -0.1) is 0 Å². The zero-order valence-electron chi connectivity index (χ0n) is 12.7. The third-order valence-corrected chi connectivity index (χ3v) is 4.35. The fraction of sp³-hybridized carbons (Fsp3) is 0.375. The van der Waals surface area contributed by atoms with E-state index in [1.165, 1.54) is 0 Å². The molecular formula is C16H16F3N3OS. The number of benzene rings is 1. The summed E-state index contributed by atoms with van der Waals surface area (Å²) in [4.78, 5) is 12.4. The first-order valence-electron chi connectivity index (χ1n) is 7.58. The van der Waals surface area contributed by atoms with Crippen LogP contribution in [-0.4, -0.2) is 33.5 Å². The van der Waals surface area contributed by atoms with Crippen molar-refractivity contribution in [3.63, 3.8) is 0 Å². The van der Waals surface area contributed by atoms with E-state index in [-0.39, 0.29) is 24.1 Å². The lowest BCUT2D eigenvalue weighted by Crippen LogP contribution is -2.28. The maximum atomic E-state index is 12.4. The van der Waals surface area contributed by atoms with Crippen LogP contribution in [0.1, 0.15) is 34.9 Å². The van der Waals surface area contributed by atoms with Crippen LogP contribution >= 0.6 is 11.8 Å². The van der Waals surface area contributed by atoms with Crippen molar-refractivity contribution in [1.82, 2.24) is 15.1 Å². The number of amides is 1. The number of carbonyl (C=O) groups is 1. The molecule has 2 aromatic rings. The van der Waals surface area contributed by atoms with E-state index in [0.717, 1.165) is 24.2 Å². The summed E-state index contributed by atoms with van der Waals surface area (Å²) in [6.07, 6.45) is 2.10. The standard InChI is InChI=1S/C16H16F3N3OS/c17-16(18,19)24-9-8-20-15(23)14-10-13(11-6-7-11)21-22(14)12-4-2-1-3-5-12/h1-5,10-11H,6-9H2,(H,20,23). The molecule has 1 heterocycles. The molecule has 0 radical (unpaired) electrons. The molecule has 0 unspecified atom stereocenters. The van der Waals surface area contributed by atoms with Crippen molar-refractivity contribution >= 4 is 17.7 Å². The van der Waals surface area contributed by atoms with Crippen molar-refractivity contribution < 1.29 is 18.0 Å². The number of thioether (sulfide) groups is 1. The van der Waals surface area contributed by atoms with Crippen molar-refractivity contribution in [2.45, 2.75) is 24.3 Å². The van der Waals surface area contributed by atoms with Crippen LogP contribution < -0.4 is 5.32 Å². The minimum Gasteiger partial charge on any atom is -0.350 e. The number of rotatable bonds is 6. The summed E-state index contributed by atoms with van der Waals surface area (Å²) in [5.74, 6) is -0.257. The highest BCUT2D eigenvalue weighted by atomic mass is 32.2. The van der Waals surface area contributed by atoms with E-state index in [1.54, 1.807) is 10.7 Å². The van der Waals surface area contributed by atoms with Crippen LogP contribution in [0.5, 0.6) is 0 Å². The number of nitrogens with one attached hydrogen (secondary N) is 1. The van der Waals surface area contributed by atoms with Gasteiger partial charge in [0.2, 0.25) is 0 Å². The highest BCUT2D eigenvalue weighted by Crippen LogP contribution is 2.39. The third-order valence-electron chi connectivity index (χ3n) is 3.61. The molecule has 0 atom stereocenters. The number of carbonyl (C=O) groups excluding carboxylic acids is 1. The van der Waals surface area contributed by atoms with Gasteiger partial charge in [0.15, 0.2) is 0 Å². The Kier molecular flexibility index (Phi) is 4.84. The molecule has 0 saturated heterocycles. The van der Waals surface area contributed by atoms with E-state index in [2.05, 4.69) is 10.4 Å². The van der Waals surface area contributed by atoms with E-state index >= 15 is 0 Å². The van der Waals surface area contributed by atoms with Crippen molar-refractivity contribution in [1.29, 1.82) is 0 Å². The molecule has 0 spiro atoms. The second kappa shape index (κ2) is 6.88. The van der Waals surface area contributed by atoms with Gasteiger partial charge in [0.05, 0.1) is 11.4 Å². The largest absolute Gasteiger partial charge is 0.441 e. The minimum absolute atomic E-state index is 0.0538. The molecule has 24 heavy (non-hydrogen) atoms. The highest BCUT2D eigenvalue weighted by Gasteiger charge is 2.29. The van der Waals surface area contributed by atoms with E-state index in [1.807, 2.05) is 30.3 Å². The van der Waals surface area contributed by atoms with Gasteiger partial charge in [0.1, 0.15) is 5.69 Å². The fourth-order valence-electron chi connectivity index (χ4n) is 2.33. The Hall–Kier alpha value is -1.96. The molecule has 1 aliphatic rings. The number of para-hydroxylation sites is 1. The van der Waals surface area contributed by atoms with Crippen molar-refractivity contribution in [3.05, 3.63) is 47.8 Å². The molecule has 4 nitrogen and oxygen atoms in total. The van der Waals surface area contributed by atoms with Gasteiger partial charge >= 0.3 is 5.51 Å². The first kappa shape index (κ1) is 16.9. The molecule has 1 amide bonds. The first-order valence-corrected chi connectivity index (χ1v) is 8.57. The van der Waals surface area contributed by atoms with Gasteiger partial charge in [-0.1, -0.05) is 18.2 Å². The monoisotopic (exact) mass is 355 g/mol. The zero-order chi connectivity index (χ0) is 17.2. The number of alkyl halides is 3. The zero-order valence-corrected chi connectivity index (χ0v) is 13.5. The predicted octanol–water partition coefficient (Wildman–Crippen LogP) is 3.73. The van der Waals surface area contributed by atoms with E-state index in [9.17, 15) is 18.0 Å². The smallest absolute Gasteiger partial charge is 0.350 e. The molecule has 0 bridgehead atoms. The van der Waals surface area contributed by atoms with Gasteiger partial charge in [0.25, 0.3) is 5.91 Å². The third kappa shape index (κ3) is 4.31. The minimum atomic E-state index is -4.28. The summed E-state index contributed by atoms with van der Waals surface area (Å²) < 4.78 is 37.9. The van der Waals surface area contributed by atoms with Gasteiger partial charge in [0, 0.05) is 18.2 Å². The summed E-state index contributed by atoms with van der Waals surface area (Å²) in [6.45, 7) is -0.0538. The van der Waals surface area contributed by atoms with Crippen molar-refractivity contribution in [2.75, 3.05) is 12.3 Å². The normalized spacial score (nSPS) is 14.6. The summed E-state index contributed by atoms with van der Waals surface area (Å²) in [7, 11) is 0. The lowest BCUT2D eigenvalue weighted by molar-refractivity contribution is -0.0327. The quantitative estimate of drug-likeness (QED) is 0.803. The molecule has 1 aromatic carbocycles. The van der Waals surface area contributed by atoms with Gasteiger partial charge in [-0.2, -0.15) is 18.3 Å². The van der Waals surface area contributed by atoms with Gasteiger partial charge in [-0.3, -0.25) is 4.79 Å². The summed E-state index contributed by atoms with van der Waals surface area (Å²) in [6, 6.07) is 10.9. The Morgan fingerprint density at radius 2 is 2.00 bits per heavy atom. The first-order chi connectivity index (χ1) is 11.4. The van der Waals surface area contributed by atoms with Crippen LogP contribution in [-0.2, 0) is 0 Å². The number of hydrogen-bond donors (Lipinski definition) is 1. The number of halogens is 3. The summed E-state index contributed by atoms with van der Waals surface area (Å²) >= 11 is -0.146. The van der Waals surface area contributed by atoms with Crippen LogP contribution in [0.2, 0.25) is 0 Å². The molecule has 3 rings (SSSR count). The maximum absolute atomic E-state index is 12.4. The molecule has 128 valence electrons. The average Bonchev–Trinajstić information content (AvgIpc) is 3.30. The molecule has 1 N–H and O–H groups in total. The van der Waals surface area contributed by atoms with E-state index in [4.69, 9.17) is 0 Å². The van der Waals surface area contributed by atoms with Gasteiger partial charge in [-0.05, 0) is 42.8 Å². The Morgan fingerprint density at radius 1 is 1.29 bits per heavy atom. The number of hydrogen-bond acceptors (Lipinski definition) is 3. The molecule has 1 fully saturated rings. The Morgan fingerprint density at radius 3 is 2.62 bits per heavy atom. The average molecular weight is 355 g/mol. The summed E-state index contributed by atoms with van der Waals surface area (Å²) in [5.41, 5.74) is -2.33.